The molecular weight excluding hydrogens is 396 g/mol. The number of anilines is 1. The van der Waals surface area contributed by atoms with Gasteiger partial charge < -0.3 is 10.1 Å². The number of hydrogen-bond donors (Lipinski definition) is 1. The zero-order valence-electron chi connectivity index (χ0n) is 15.7. The average Bonchev–Trinajstić information content (AvgIpc) is 3.11. The molecule has 0 bridgehead atoms. The van der Waals surface area contributed by atoms with E-state index < -0.39 is 21.5 Å². The van der Waals surface area contributed by atoms with Crippen molar-refractivity contribution in [3.8, 4) is 17.0 Å². The number of ether oxygens (including phenoxy) is 1. The summed E-state index contributed by atoms with van der Waals surface area (Å²) >= 11 is 1.26. The largest absolute Gasteiger partial charge is 0.497 e. The summed E-state index contributed by atoms with van der Waals surface area (Å²) in [6.07, 6.45) is 0. The lowest BCUT2D eigenvalue weighted by Gasteiger charge is -2.06. The minimum atomic E-state index is -3.75. The number of methoxy groups -OCH3 is 1. The Morgan fingerprint density at radius 1 is 1.14 bits per heavy atom. The molecule has 1 heterocycles. The first-order valence-corrected chi connectivity index (χ1v) is 11.0. The fraction of sp³-hybridized carbons (Fsp3) is 0.200. The van der Waals surface area contributed by atoms with Gasteiger partial charge in [0.25, 0.3) is 0 Å². The van der Waals surface area contributed by atoms with Gasteiger partial charge in [0.2, 0.25) is 5.91 Å². The molecule has 1 amide bonds. The van der Waals surface area contributed by atoms with Gasteiger partial charge in [-0.25, -0.2) is 13.4 Å². The number of sulfone groups is 1. The van der Waals surface area contributed by atoms with E-state index in [0.29, 0.717) is 10.9 Å². The molecule has 28 heavy (non-hydrogen) atoms. The first kappa shape index (κ1) is 20.0. The molecule has 1 aromatic heterocycles. The van der Waals surface area contributed by atoms with E-state index in [2.05, 4.69) is 10.3 Å². The number of nitrogens with zero attached hydrogens (tertiary/aromatic N) is 1. The van der Waals surface area contributed by atoms with Crippen molar-refractivity contribution in [2.45, 2.75) is 18.7 Å². The number of nitrogens with one attached hydrogen (secondary N) is 1. The van der Waals surface area contributed by atoms with Gasteiger partial charge in [-0.3, -0.25) is 4.79 Å². The molecule has 2 aromatic carbocycles. The van der Waals surface area contributed by atoms with E-state index in [1.54, 1.807) is 12.1 Å². The number of carbonyl (C=O) groups excluding carboxylic acids is 1. The number of carbonyl (C=O) groups is 1. The van der Waals surface area contributed by atoms with E-state index in [4.69, 9.17) is 4.74 Å². The zero-order valence-corrected chi connectivity index (χ0v) is 17.4. The molecule has 0 spiro atoms. The maximum atomic E-state index is 12.4. The highest BCUT2D eigenvalue weighted by molar-refractivity contribution is 7.92. The van der Waals surface area contributed by atoms with E-state index in [9.17, 15) is 13.2 Å². The van der Waals surface area contributed by atoms with Gasteiger partial charge in [0.1, 0.15) is 11.5 Å². The predicted molar refractivity (Wildman–Crippen MR) is 111 cm³/mol. The van der Waals surface area contributed by atoms with E-state index in [-0.39, 0.29) is 4.90 Å². The number of aromatic nitrogens is 1. The van der Waals surface area contributed by atoms with Gasteiger partial charge in [-0.05, 0) is 49.7 Å². The first-order chi connectivity index (χ1) is 13.3. The molecule has 6 nitrogen and oxygen atoms in total. The number of amides is 1. The summed E-state index contributed by atoms with van der Waals surface area (Å²) in [5.41, 5.74) is 3.93. The van der Waals surface area contributed by atoms with E-state index in [1.165, 1.54) is 30.6 Å². The molecule has 0 aliphatic carbocycles. The third-order valence-corrected chi connectivity index (χ3v) is 6.55. The molecule has 0 atom stereocenters. The Hall–Kier alpha value is -2.71. The van der Waals surface area contributed by atoms with Gasteiger partial charge in [-0.1, -0.05) is 17.7 Å². The Morgan fingerprint density at radius 2 is 1.86 bits per heavy atom. The van der Waals surface area contributed by atoms with Gasteiger partial charge >= 0.3 is 0 Å². The van der Waals surface area contributed by atoms with Gasteiger partial charge in [0.15, 0.2) is 15.0 Å². The molecular formula is C20H20N2O4S2. The minimum absolute atomic E-state index is 0.0682. The van der Waals surface area contributed by atoms with E-state index in [1.807, 2.05) is 37.4 Å². The highest BCUT2D eigenvalue weighted by Gasteiger charge is 2.20. The molecule has 1 N–H and O–H groups in total. The van der Waals surface area contributed by atoms with Crippen LogP contribution in [0.1, 0.15) is 11.1 Å². The molecule has 0 radical (unpaired) electrons. The lowest BCUT2D eigenvalue weighted by molar-refractivity contribution is -0.113. The van der Waals surface area contributed by atoms with Gasteiger partial charge in [-0.2, -0.15) is 0 Å². The molecule has 3 aromatic rings. The fourth-order valence-corrected chi connectivity index (χ4v) is 4.52. The van der Waals surface area contributed by atoms with Crippen molar-refractivity contribution >= 4 is 32.2 Å². The molecule has 3 rings (SSSR count). The standard InChI is InChI=1S/C20H20N2O4S2/c1-13-4-5-14(2)17(10-13)18-11-27-20(21-18)22-19(23)12-28(24,25)16-8-6-15(26-3)7-9-16/h4-11H,12H2,1-3H3,(H,21,22,23). The summed E-state index contributed by atoms with van der Waals surface area (Å²) in [5, 5.41) is 4.79. The molecule has 0 unspecified atom stereocenters. The maximum Gasteiger partial charge on any atom is 0.241 e. The Bertz CT molecular complexity index is 1100. The Balaban J connectivity index is 1.71. The lowest BCUT2D eigenvalue weighted by atomic mass is 10.0. The van der Waals surface area contributed by atoms with Crippen LogP contribution in [0.4, 0.5) is 5.13 Å². The third-order valence-electron chi connectivity index (χ3n) is 4.16. The van der Waals surface area contributed by atoms with Crippen molar-refractivity contribution in [1.82, 2.24) is 4.98 Å². The van der Waals surface area contributed by atoms with Crippen LogP contribution in [0.15, 0.2) is 52.7 Å². The molecule has 8 heteroatoms. The van der Waals surface area contributed by atoms with Crippen molar-refractivity contribution in [1.29, 1.82) is 0 Å². The third kappa shape index (κ3) is 4.58. The molecule has 0 saturated heterocycles. The molecule has 0 aliphatic rings. The van der Waals surface area contributed by atoms with Crippen molar-refractivity contribution in [3.05, 3.63) is 59.0 Å². The summed E-state index contributed by atoms with van der Waals surface area (Å²) in [4.78, 5) is 16.7. The van der Waals surface area contributed by atoms with Gasteiger partial charge in [0, 0.05) is 10.9 Å². The van der Waals surface area contributed by atoms with E-state index in [0.717, 1.165) is 22.4 Å². The number of benzene rings is 2. The van der Waals surface area contributed by atoms with Crippen LogP contribution in [0.25, 0.3) is 11.3 Å². The fourth-order valence-electron chi connectivity index (χ4n) is 2.66. The van der Waals surface area contributed by atoms with Crippen LogP contribution in [0.2, 0.25) is 0 Å². The predicted octanol–water partition coefficient (Wildman–Crippen LogP) is 3.85. The number of thiazole rings is 1. The summed E-state index contributed by atoms with van der Waals surface area (Å²) in [5.74, 6) is -0.736. The van der Waals surface area contributed by atoms with E-state index >= 15 is 0 Å². The maximum absolute atomic E-state index is 12.4. The van der Waals surface area contributed by atoms with Crippen molar-refractivity contribution in [3.63, 3.8) is 0 Å². The first-order valence-electron chi connectivity index (χ1n) is 8.48. The highest BCUT2D eigenvalue weighted by atomic mass is 32.2. The van der Waals surface area contributed by atoms with Crippen molar-refractivity contribution < 1.29 is 17.9 Å². The molecule has 146 valence electrons. The zero-order chi connectivity index (χ0) is 20.3. The van der Waals surface area contributed by atoms with Crippen LogP contribution in [0, 0.1) is 13.8 Å². The molecule has 0 saturated carbocycles. The Morgan fingerprint density at radius 3 is 2.54 bits per heavy atom. The molecule has 0 fully saturated rings. The summed E-state index contributed by atoms with van der Waals surface area (Å²) < 4.78 is 29.9. The van der Waals surface area contributed by atoms with Crippen LogP contribution >= 0.6 is 11.3 Å². The highest BCUT2D eigenvalue weighted by Crippen LogP contribution is 2.28. The van der Waals surface area contributed by atoms with Gasteiger partial charge in [0.05, 0.1) is 17.7 Å². The van der Waals surface area contributed by atoms with Crippen LogP contribution < -0.4 is 10.1 Å². The second kappa shape index (κ2) is 8.12. The van der Waals surface area contributed by atoms with Gasteiger partial charge in [-0.15, -0.1) is 11.3 Å². The number of aryl methyl sites for hydroxylation is 2. The summed E-state index contributed by atoms with van der Waals surface area (Å²) in [6.45, 7) is 4.00. The van der Waals surface area contributed by atoms with Crippen molar-refractivity contribution in [2.75, 3.05) is 18.2 Å². The summed E-state index contributed by atoms with van der Waals surface area (Å²) in [6, 6.07) is 12.0. The Labute approximate surface area is 168 Å². The molecule has 0 aliphatic heterocycles. The summed E-state index contributed by atoms with van der Waals surface area (Å²) in [7, 11) is -2.26. The smallest absolute Gasteiger partial charge is 0.241 e. The average molecular weight is 417 g/mol. The topological polar surface area (TPSA) is 85.4 Å². The lowest BCUT2D eigenvalue weighted by Crippen LogP contribution is -2.22. The monoisotopic (exact) mass is 416 g/mol. The van der Waals surface area contributed by atoms with Crippen molar-refractivity contribution in [2.24, 2.45) is 0 Å². The Kier molecular flexibility index (Phi) is 5.81. The number of rotatable bonds is 6. The SMILES string of the molecule is COc1ccc(S(=O)(=O)CC(=O)Nc2nc(-c3cc(C)ccc3C)cs2)cc1. The van der Waals surface area contributed by atoms with Crippen LogP contribution in [-0.2, 0) is 14.6 Å². The van der Waals surface area contributed by atoms with Crippen LogP contribution in [-0.4, -0.2) is 32.2 Å². The second-order valence-corrected chi connectivity index (χ2v) is 9.19. The van der Waals surface area contributed by atoms with Crippen LogP contribution in [0.5, 0.6) is 5.75 Å². The number of hydrogen-bond acceptors (Lipinski definition) is 6. The normalized spacial score (nSPS) is 11.2. The second-order valence-electron chi connectivity index (χ2n) is 6.34. The quantitative estimate of drug-likeness (QED) is 0.660. The van der Waals surface area contributed by atoms with Crippen LogP contribution in [0.3, 0.4) is 0 Å². The minimum Gasteiger partial charge on any atom is -0.497 e.